The van der Waals surface area contributed by atoms with Crippen molar-refractivity contribution < 1.29 is 14.3 Å². The van der Waals surface area contributed by atoms with Crippen LogP contribution in [0, 0.1) is 0 Å². The van der Waals surface area contributed by atoms with E-state index in [2.05, 4.69) is 0 Å². The molecular formula is C14H20O3. The molecule has 0 aliphatic carbocycles. The van der Waals surface area contributed by atoms with E-state index < -0.39 is 0 Å². The van der Waals surface area contributed by atoms with Gasteiger partial charge in [-0.2, -0.15) is 0 Å². The van der Waals surface area contributed by atoms with Gasteiger partial charge in [-0.15, -0.1) is 0 Å². The number of hydrogen-bond acceptors (Lipinski definition) is 3. The summed E-state index contributed by atoms with van der Waals surface area (Å²) in [5, 5.41) is 0. The van der Waals surface area contributed by atoms with Gasteiger partial charge in [0.1, 0.15) is 17.1 Å². The Kier molecular flexibility index (Phi) is 4.55. The SMILES string of the molecule is CCCC(=O)Oc1ccc(OC(C)(C)C)cc1. The van der Waals surface area contributed by atoms with E-state index >= 15 is 0 Å². The van der Waals surface area contributed by atoms with Gasteiger partial charge in [-0.3, -0.25) is 4.79 Å². The number of carbonyl (C=O) groups is 1. The molecule has 0 saturated heterocycles. The Morgan fingerprint density at radius 3 is 2.12 bits per heavy atom. The fourth-order valence-corrected chi connectivity index (χ4v) is 1.32. The van der Waals surface area contributed by atoms with E-state index in [4.69, 9.17) is 9.47 Å². The van der Waals surface area contributed by atoms with E-state index in [0.29, 0.717) is 12.2 Å². The molecule has 17 heavy (non-hydrogen) atoms. The van der Waals surface area contributed by atoms with Crippen molar-refractivity contribution >= 4 is 5.97 Å². The van der Waals surface area contributed by atoms with Crippen molar-refractivity contribution in [2.75, 3.05) is 0 Å². The molecule has 3 nitrogen and oxygen atoms in total. The monoisotopic (exact) mass is 236 g/mol. The van der Waals surface area contributed by atoms with E-state index in [0.717, 1.165) is 12.2 Å². The maximum absolute atomic E-state index is 11.3. The van der Waals surface area contributed by atoms with Crippen molar-refractivity contribution in [2.45, 2.75) is 46.1 Å². The molecule has 3 heteroatoms. The molecule has 1 rings (SSSR count). The molecule has 0 fully saturated rings. The summed E-state index contributed by atoms with van der Waals surface area (Å²) in [5.41, 5.74) is -0.222. The zero-order valence-corrected chi connectivity index (χ0v) is 10.9. The average molecular weight is 236 g/mol. The zero-order valence-electron chi connectivity index (χ0n) is 10.9. The molecule has 0 aliphatic heterocycles. The lowest BCUT2D eigenvalue weighted by atomic mass is 10.2. The smallest absolute Gasteiger partial charge is 0.311 e. The van der Waals surface area contributed by atoms with Gasteiger partial charge in [-0.05, 0) is 51.5 Å². The van der Waals surface area contributed by atoms with Crippen LogP contribution in [0.5, 0.6) is 11.5 Å². The second kappa shape index (κ2) is 5.71. The topological polar surface area (TPSA) is 35.5 Å². The minimum absolute atomic E-state index is 0.197. The lowest BCUT2D eigenvalue weighted by Crippen LogP contribution is -2.22. The third kappa shape index (κ3) is 5.38. The van der Waals surface area contributed by atoms with Crippen molar-refractivity contribution in [1.29, 1.82) is 0 Å². The minimum Gasteiger partial charge on any atom is -0.488 e. The van der Waals surface area contributed by atoms with Gasteiger partial charge in [0.05, 0.1) is 0 Å². The summed E-state index contributed by atoms with van der Waals surface area (Å²) >= 11 is 0. The summed E-state index contributed by atoms with van der Waals surface area (Å²) in [7, 11) is 0. The summed E-state index contributed by atoms with van der Waals surface area (Å²) in [6.45, 7) is 7.91. The highest BCUT2D eigenvalue weighted by molar-refractivity contribution is 5.72. The van der Waals surface area contributed by atoms with Gasteiger partial charge in [-0.1, -0.05) is 6.92 Å². The standard InChI is InChI=1S/C14H20O3/c1-5-6-13(15)16-11-7-9-12(10-8-11)17-14(2,3)4/h7-10H,5-6H2,1-4H3. The maximum Gasteiger partial charge on any atom is 0.311 e. The molecule has 1 aromatic rings. The van der Waals surface area contributed by atoms with E-state index in [-0.39, 0.29) is 11.6 Å². The van der Waals surface area contributed by atoms with Crippen LogP contribution in [0.4, 0.5) is 0 Å². The second-order valence-corrected chi connectivity index (χ2v) is 4.91. The fraction of sp³-hybridized carbons (Fsp3) is 0.500. The quantitative estimate of drug-likeness (QED) is 0.592. The van der Waals surface area contributed by atoms with Crippen molar-refractivity contribution in [3.05, 3.63) is 24.3 Å². The number of carbonyl (C=O) groups excluding carboxylic acids is 1. The van der Waals surface area contributed by atoms with Gasteiger partial charge in [0.2, 0.25) is 0 Å². The summed E-state index contributed by atoms with van der Waals surface area (Å²) in [5.74, 6) is 1.13. The molecule has 0 amide bonds. The third-order valence-electron chi connectivity index (χ3n) is 1.93. The van der Waals surface area contributed by atoms with E-state index in [1.165, 1.54) is 0 Å². The van der Waals surface area contributed by atoms with Crippen molar-refractivity contribution in [2.24, 2.45) is 0 Å². The van der Waals surface area contributed by atoms with Crippen molar-refractivity contribution in [1.82, 2.24) is 0 Å². The highest BCUT2D eigenvalue weighted by atomic mass is 16.5. The Hall–Kier alpha value is -1.51. The Balaban J connectivity index is 2.59. The van der Waals surface area contributed by atoms with Crippen LogP contribution in [-0.2, 0) is 4.79 Å². The first kappa shape index (κ1) is 13.6. The first-order valence-corrected chi connectivity index (χ1v) is 5.90. The molecule has 0 heterocycles. The first-order valence-electron chi connectivity index (χ1n) is 5.90. The predicted molar refractivity (Wildman–Crippen MR) is 67.4 cm³/mol. The van der Waals surface area contributed by atoms with Crippen LogP contribution in [0.15, 0.2) is 24.3 Å². The van der Waals surface area contributed by atoms with Crippen LogP contribution < -0.4 is 9.47 Å². The first-order chi connectivity index (χ1) is 7.90. The highest BCUT2D eigenvalue weighted by Crippen LogP contribution is 2.21. The number of ether oxygens (including phenoxy) is 2. The highest BCUT2D eigenvalue weighted by Gasteiger charge is 2.11. The molecule has 94 valence electrons. The van der Waals surface area contributed by atoms with Crippen LogP contribution in [0.1, 0.15) is 40.5 Å². The zero-order chi connectivity index (χ0) is 12.9. The molecule has 0 unspecified atom stereocenters. The molecule has 0 atom stereocenters. The molecule has 0 saturated carbocycles. The summed E-state index contributed by atoms with van der Waals surface area (Å²) in [6, 6.07) is 7.10. The van der Waals surface area contributed by atoms with Gasteiger partial charge in [0, 0.05) is 6.42 Å². The van der Waals surface area contributed by atoms with E-state index in [1.807, 2.05) is 27.7 Å². The fourth-order valence-electron chi connectivity index (χ4n) is 1.32. The Bertz CT molecular complexity index is 360. The Morgan fingerprint density at radius 1 is 1.12 bits per heavy atom. The number of hydrogen-bond donors (Lipinski definition) is 0. The van der Waals surface area contributed by atoms with Gasteiger partial charge in [-0.25, -0.2) is 0 Å². The molecule has 1 aromatic carbocycles. The van der Waals surface area contributed by atoms with E-state index in [1.54, 1.807) is 24.3 Å². The lowest BCUT2D eigenvalue weighted by molar-refractivity contribution is -0.134. The average Bonchev–Trinajstić information content (AvgIpc) is 2.19. The summed E-state index contributed by atoms with van der Waals surface area (Å²) in [6.07, 6.45) is 1.24. The number of esters is 1. The van der Waals surface area contributed by atoms with Crippen LogP contribution in [-0.4, -0.2) is 11.6 Å². The lowest BCUT2D eigenvalue weighted by Gasteiger charge is -2.21. The maximum atomic E-state index is 11.3. The van der Waals surface area contributed by atoms with E-state index in [9.17, 15) is 4.79 Å². The Morgan fingerprint density at radius 2 is 1.65 bits per heavy atom. The van der Waals surface area contributed by atoms with Crippen LogP contribution in [0.3, 0.4) is 0 Å². The molecule has 0 aliphatic rings. The van der Waals surface area contributed by atoms with Crippen molar-refractivity contribution in [3.8, 4) is 11.5 Å². The number of benzene rings is 1. The predicted octanol–water partition coefficient (Wildman–Crippen LogP) is 3.57. The van der Waals surface area contributed by atoms with Gasteiger partial charge < -0.3 is 9.47 Å². The van der Waals surface area contributed by atoms with Crippen LogP contribution >= 0.6 is 0 Å². The Labute approximate surface area is 103 Å². The molecule has 0 aromatic heterocycles. The normalized spacial score (nSPS) is 11.1. The third-order valence-corrected chi connectivity index (χ3v) is 1.93. The molecular weight excluding hydrogens is 216 g/mol. The molecule has 0 spiro atoms. The minimum atomic E-state index is -0.222. The second-order valence-electron chi connectivity index (χ2n) is 4.91. The van der Waals surface area contributed by atoms with Crippen LogP contribution in [0.25, 0.3) is 0 Å². The van der Waals surface area contributed by atoms with Gasteiger partial charge >= 0.3 is 5.97 Å². The van der Waals surface area contributed by atoms with Crippen LogP contribution in [0.2, 0.25) is 0 Å². The number of rotatable bonds is 4. The van der Waals surface area contributed by atoms with Gasteiger partial charge in [0.25, 0.3) is 0 Å². The van der Waals surface area contributed by atoms with Gasteiger partial charge in [0.15, 0.2) is 0 Å². The largest absolute Gasteiger partial charge is 0.488 e. The summed E-state index contributed by atoms with van der Waals surface area (Å²) < 4.78 is 10.8. The molecule has 0 bridgehead atoms. The summed E-state index contributed by atoms with van der Waals surface area (Å²) in [4.78, 5) is 11.3. The molecule has 0 N–H and O–H groups in total. The van der Waals surface area contributed by atoms with Crippen molar-refractivity contribution in [3.63, 3.8) is 0 Å². The molecule has 0 radical (unpaired) electrons.